The molecule has 0 bridgehead atoms. The van der Waals surface area contributed by atoms with Gasteiger partial charge in [0.25, 0.3) is 0 Å². The van der Waals surface area contributed by atoms with Gasteiger partial charge < -0.3 is 20.3 Å². The zero-order chi connectivity index (χ0) is 28.3. The summed E-state index contributed by atoms with van der Waals surface area (Å²) in [7, 11) is 1.65. The zero-order valence-corrected chi connectivity index (χ0v) is 24.9. The molecular weight excluding hydrogens is 474 g/mol. The summed E-state index contributed by atoms with van der Waals surface area (Å²) in [5.74, 6) is 1.05. The Morgan fingerprint density at radius 2 is 1.89 bits per heavy atom. The van der Waals surface area contributed by atoms with Gasteiger partial charge in [-0.15, -0.1) is 0 Å². The third-order valence-electron chi connectivity index (χ3n) is 6.49. The van der Waals surface area contributed by atoms with Crippen LogP contribution in [0.15, 0.2) is 36.0 Å². The van der Waals surface area contributed by atoms with E-state index in [1.165, 1.54) is 30.1 Å². The van der Waals surface area contributed by atoms with Crippen LogP contribution < -0.4 is 20.3 Å². The van der Waals surface area contributed by atoms with Crippen LogP contribution in [0.2, 0.25) is 0 Å². The summed E-state index contributed by atoms with van der Waals surface area (Å²) >= 11 is 0. The van der Waals surface area contributed by atoms with Crippen molar-refractivity contribution in [2.75, 3.05) is 51.3 Å². The molecule has 8 nitrogen and oxygen atoms in total. The number of nitriles is 1. The second-order valence-electron chi connectivity index (χ2n) is 8.92. The van der Waals surface area contributed by atoms with Crippen molar-refractivity contribution in [2.45, 2.75) is 79.9 Å². The van der Waals surface area contributed by atoms with Gasteiger partial charge >= 0.3 is 6.01 Å². The lowest BCUT2D eigenvalue weighted by molar-refractivity contribution is 0.225. The normalized spacial score (nSPS) is 18.4. The number of hydrogen-bond acceptors (Lipinski definition) is 8. The molecule has 4 rings (SSSR count). The Hall–Kier alpha value is -2.73. The number of anilines is 1. The maximum Gasteiger partial charge on any atom is 0.318 e. The molecule has 3 aliphatic rings. The summed E-state index contributed by atoms with van der Waals surface area (Å²) in [6.07, 6.45) is 9.90. The molecule has 0 saturated carbocycles. The number of ether oxygens (including phenoxy) is 1. The van der Waals surface area contributed by atoms with Gasteiger partial charge in [0.2, 0.25) is 0 Å². The van der Waals surface area contributed by atoms with Crippen LogP contribution in [0, 0.1) is 11.3 Å². The number of piperazine rings is 1. The van der Waals surface area contributed by atoms with E-state index in [2.05, 4.69) is 64.9 Å². The largest absolute Gasteiger partial charge is 0.467 e. The molecule has 1 aliphatic carbocycles. The van der Waals surface area contributed by atoms with Gasteiger partial charge in [-0.25, -0.2) is 0 Å². The summed E-state index contributed by atoms with van der Waals surface area (Å²) in [6, 6.07) is 2.63. The van der Waals surface area contributed by atoms with E-state index in [9.17, 15) is 0 Å². The summed E-state index contributed by atoms with van der Waals surface area (Å²) in [5.41, 5.74) is 5.16. The van der Waals surface area contributed by atoms with E-state index in [0.29, 0.717) is 12.1 Å². The van der Waals surface area contributed by atoms with Crippen molar-refractivity contribution < 1.29 is 4.74 Å². The number of hydrogen-bond donors (Lipinski definition) is 2. The first-order valence-electron chi connectivity index (χ1n) is 14.2. The molecule has 1 aromatic rings. The molecule has 0 aromatic carbocycles. The molecule has 1 unspecified atom stereocenters. The second-order valence-corrected chi connectivity index (χ2v) is 8.92. The smallest absolute Gasteiger partial charge is 0.318 e. The van der Waals surface area contributed by atoms with E-state index >= 15 is 0 Å². The second kappa shape index (κ2) is 19.4. The highest BCUT2D eigenvalue weighted by Gasteiger charge is 2.35. The fraction of sp³-hybridized carbons (Fsp3) is 0.633. The highest BCUT2D eigenvalue weighted by atomic mass is 16.5. The zero-order valence-electron chi connectivity index (χ0n) is 24.9. The first-order chi connectivity index (χ1) is 18.6. The SMILES string of the molecule is C=CC1=C(/C=C\C)CCC1N1Cc2nc(OC)nc(N3CCNCC3)c2C1.CC.CC#N.CCCNCC. The monoisotopic (exact) mass is 525 g/mol. The molecule has 1 fully saturated rings. The van der Waals surface area contributed by atoms with E-state index < -0.39 is 0 Å². The van der Waals surface area contributed by atoms with Crippen LogP contribution in [0.1, 0.15) is 72.1 Å². The van der Waals surface area contributed by atoms with E-state index in [4.69, 9.17) is 15.0 Å². The minimum atomic E-state index is 0.407. The average molecular weight is 526 g/mol. The maximum absolute atomic E-state index is 7.32. The Morgan fingerprint density at radius 3 is 2.42 bits per heavy atom. The van der Waals surface area contributed by atoms with Crippen molar-refractivity contribution in [3.63, 3.8) is 0 Å². The topological polar surface area (TPSA) is 89.3 Å². The molecule has 212 valence electrons. The predicted octanol–water partition coefficient (Wildman–Crippen LogP) is 4.99. The van der Waals surface area contributed by atoms with Crippen molar-refractivity contribution >= 4 is 5.82 Å². The number of allylic oxidation sites excluding steroid dienone is 3. The molecule has 0 amide bonds. The average Bonchev–Trinajstić information content (AvgIpc) is 3.57. The molecule has 3 heterocycles. The summed E-state index contributed by atoms with van der Waals surface area (Å²) in [4.78, 5) is 14.3. The Labute approximate surface area is 231 Å². The number of aromatic nitrogens is 2. The van der Waals surface area contributed by atoms with E-state index in [-0.39, 0.29) is 0 Å². The van der Waals surface area contributed by atoms with Gasteiger partial charge in [0.05, 0.1) is 18.9 Å². The van der Waals surface area contributed by atoms with Gasteiger partial charge in [0.15, 0.2) is 0 Å². The van der Waals surface area contributed by atoms with Gasteiger partial charge in [-0.3, -0.25) is 4.90 Å². The molecular formula is C30H51N7O. The molecule has 0 spiro atoms. The number of nitrogens with one attached hydrogen (secondary N) is 2. The van der Waals surface area contributed by atoms with Crippen molar-refractivity contribution in [1.82, 2.24) is 25.5 Å². The van der Waals surface area contributed by atoms with Crippen molar-refractivity contribution in [3.05, 3.63) is 47.2 Å². The third-order valence-corrected chi connectivity index (χ3v) is 6.49. The van der Waals surface area contributed by atoms with E-state index in [1.54, 1.807) is 13.2 Å². The van der Waals surface area contributed by atoms with Gasteiger partial charge in [0, 0.05) is 57.8 Å². The van der Waals surface area contributed by atoms with Crippen LogP contribution in [-0.2, 0) is 13.1 Å². The molecule has 8 heteroatoms. The number of nitrogens with zero attached hydrogens (tertiary/aromatic N) is 5. The van der Waals surface area contributed by atoms with Crippen molar-refractivity contribution in [3.8, 4) is 12.1 Å². The van der Waals surface area contributed by atoms with Crippen molar-refractivity contribution in [2.24, 2.45) is 0 Å². The fourth-order valence-corrected chi connectivity index (χ4v) is 4.88. The molecule has 38 heavy (non-hydrogen) atoms. The lowest BCUT2D eigenvalue weighted by Crippen LogP contribution is -2.44. The first-order valence-corrected chi connectivity index (χ1v) is 14.2. The van der Waals surface area contributed by atoms with Crippen LogP contribution in [0.3, 0.4) is 0 Å². The number of rotatable bonds is 8. The van der Waals surface area contributed by atoms with Crippen LogP contribution in [0.5, 0.6) is 6.01 Å². The highest BCUT2D eigenvalue weighted by Crippen LogP contribution is 2.38. The maximum atomic E-state index is 7.32. The lowest BCUT2D eigenvalue weighted by Gasteiger charge is -2.30. The Morgan fingerprint density at radius 1 is 1.21 bits per heavy atom. The van der Waals surface area contributed by atoms with Crippen LogP contribution in [-0.4, -0.2) is 67.3 Å². The van der Waals surface area contributed by atoms with Gasteiger partial charge in [-0.1, -0.05) is 52.5 Å². The molecule has 2 N–H and O–H groups in total. The van der Waals surface area contributed by atoms with Gasteiger partial charge in [-0.2, -0.15) is 15.2 Å². The Kier molecular flexibility index (Phi) is 17.0. The molecule has 0 radical (unpaired) electrons. The Bertz CT molecular complexity index is 925. The highest BCUT2D eigenvalue weighted by molar-refractivity contribution is 5.53. The fourth-order valence-electron chi connectivity index (χ4n) is 4.88. The van der Waals surface area contributed by atoms with Gasteiger partial charge in [-0.05, 0) is 50.4 Å². The molecule has 1 saturated heterocycles. The summed E-state index contributed by atoms with van der Waals surface area (Å²) in [6.45, 7) is 23.8. The van der Waals surface area contributed by atoms with Crippen LogP contribution in [0.4, 0.5) is 5.82 Å². The molecule has 2 aliphatic heterocycles. The number of fused-ring (bicyclic) bond motifs is 1. The standard InChI is InChI=1S/C21H29N5O.C5H13N.C2H3N.C2H6/c1-4-6-15-7-8-19(16(15)5-2)26-13-17-18(14-26)23-21(27-3)24-20(17)25-11-9-22-10-12-25;1-3-5-6-4-2;1-2-3;1-2/h4-6,19,22H,2,7-14H2,1,3H3;6H,3-5H2,1-2H3;1H3;1-2H3/b6-4-;;;. The third kappa shape index (κ3) is 9.54. The summed E-state index contributed by atoms with van der Waals surface area (Å²) in [5, 5.41) is 13.9. The minimum absolute atomic E-state index is 0.407. The number of methoxy groups -OCH3 is 1. The summed E-state index contributed by atoms with van der Waals surface area (Å²) < 4.78 is 5.41. The predicted molar refractivity (Wildman–Crippen MR) is 159 cm³/mol. The molecule has 1 atom stereocenters. The molecule has 1 aromatic heterocycles. The minimum Gasteiger partial charge on any atom is -0.467 e. The van der Waals surface area contributed by atoms with E-state index in [1.807, 2.05) is 19.9 Å². The van der Waals surface area contributed by atoms with E-state index in [0.717, 1.165) is 76.7 Å². The van der Waals surface area contributed by atoms with Gasteiger partial charge in [0.1, 0.15) is 5.82 Å². The Balaban J connectivity index is 0.000000564. The van der Waals surface area contributed by atoms with Crippen LogP contribution in [0.25, 0.3) is 0 Å². The van der Waals surface area contributed by atoms with Crippen molar-refractivity contribution in [1.29, 1.82) is 5.26 Å². The lowest BCUT2D eigenvalue weighted by atomic mass is 10.1. The van der Waals surface area contributed by atoms with Crippen LogP contribution >= 0.6 is 0 Å². The quantitative estimate of drug-likeness (QED) is 0.459. The first kappa shape index (κ1) is 33.3.